The van der Waals surface area contributed by atoms with Crippen LogP contribution in [0, 0.1) is 28.1 Å². The van der Waals surface area contributed by atoms with Gasteiger partial charge in [-0.05, 0) is 60.3 Å². The van der Waals surface area contributed by atoms with E-state index in [1.165, 1.54) is 37.9 Å². The zero-order valence-electron chi connectivity index (χ0n) is 16.1. The Labute approximate surface area is 137 Å². The SMILES string of the molecule is CC(C)(C)C1=C(C(C)(C)C)OC2(CC1)CC1CC(C2)C1(C)C. The van der Waals surface area contributed by atoms with E-state index in [0.29, 0.717) is 5.41 Å². The minimum atomic E-state index is 0.118. The Morgan fingerprint density at radius 2 is 1.45 bits per heavy atom. The summed E-state index contributed by atoms with van der Waals surface area (Å²) in [6, 6.07) is 0. The molecule has 4 rings (SSSR count). The van der Waals surface area contributed by atoms with Gasteiger partial charge in [-0.15, -0.1) is 0 Å². The van der Waals surface area contributed by atoms with E-state index in [1.54, 1.807) is 5.57 Å². The van der Waals surface area contributed by atoms with E-state index in [1.807, 2.05) is 0 Å². The maximum Gasteiger partial charge on any atom is 0.109 e. The van der Waals surface area contributed by atoms with Crippen LogP contribution in [0.25, 0.3) is 0 Å². The number of rotatable bonds is 0. The molecule has 0 aromatic heterocycles. The van der Waals surface area contributed by atoms with E-state index in [2.05, 4.69) is 55.4 Å². The van der Waals surface area contributed by atoms with E-state index >= 15 is 0 Å². The van der Waals surface area contributed by atoms with Gasteiger partial charge in [0.25, 0.3) is 0 Å². The van der Waals surface area contributed by atoms with Gasteiger partial charge in [0.05, 0.1) is 0 Å². The summed E-state index contributed by atoms with van der Waals surface area (Å²) in [4.78, 5) is 0. The van der Waals surface area contributed by atoms with E-state index in [4.69, 9.17) is 4.74 Å². The summed E-state index contributed by atoms with van der Waals surface area (Å²) in [5, 5.41) is 0. The summed E-state index contributed by atoms with van der Waals surface area (Å²) in [6.07, 6.45) is 6.48. The highest BCUT2D eigenvalue weighted by molar-refractivity contribution is 5.25. The second-order valence-corrected chi connectivity index (χ2v) is 11.0. The predicted octanol–water partition coefficient (Wildman–Crippen LogP) is 6.34. The summed E-state index contributed by atoms with van der Waals surface area (Å²) >= 11 is 0. The van der Waals surface area contributed by atoms with Crippen LogP contribution in [0.4, 0.5) is 0 Å². The lowest BCUT2D eigenvalue weighted by molar-refractivity contribution is -0.188. The maximum atomic E-state index is 6.89. The topological polar surface area (TPSA) is 9.23 Å². The zero-order valence-corrected chi connectivity index (χ0v) is 16.1. The summed E-state index contributed by atoms with van der Waals surface area (Å²) in [6.45, 7) is 18.9. The largest absolute Gasteiger partial charge is 0.491 e. The summed E-state index contributed by atoms with van der Waals surface area (Å²) in [7, 11) is 0. The van der Waals surface area contributed by atoms with Crippen molar-refractivity contribution in [2.24, 2.45) is 28.1 Å². The van der Waals surface area contributed by atoms with Gasteiger partial charge in [0.15, 0.2) is 0 Å². The first-order chi connectivity index (χ1) is 9.85. The highest BCUT2D eigenvalue weighted by atomic mass is 16.5. The molecule has 2 bridgehead atoms. The van der Waals surface area contributed by atoms with Crippen molar-refractivity contribution in [3.8, 4) is 0 Å². The molecule has 1 heterocycles. The van der Waals surface area contributed by atoms with Gasteiger partial charge in [-0.25, -0.2) is 0 Å². The van der Waals surface area contributed by atoms with Crippen LogP contribution in [0.1, 0.15) is 87.5 Å². The molecule has 1 heteroatoms. The van der Waals surface area contributed by atoms with Crippen LogP contribution in [0.15, 0.2) is 11.3 Å². The van der Waals surface area contributed by atoms with E-state index in [0.717, 1.165) is 11.8 Å². The monoisotopic (exact) mass is 304 g/mol. The molecule has 2 atom stereocenters. The quantitative estimate of drug-likeness (QED) is 0.507. The molecule has 0 aromatic carbocycles. The van der Waals surface area contributed by atoms with Gasteiger partial charge in [-0.2, -0.15) is 0 Å². The standard InChI is InChI=1S/C21H36O/c1-18(2,3)16-9-10-21(22-17(16)19(4,5)6)12-14-11-15(13-21)20(14,7)8/h14-15H,9-13H2,1-8H3. The molecule has 1 spiro atoms. The van der Waals surface area contributed by atoms with Crippen LogP contribution in [0.3, 0.4) is 0 Å². The van der Waals surface area contributed by atoms with Gasteiger partial charge in [0.2, 0.25) is 0 Å². The Balaban J connectivity index is 1.91. The fourth-order valence-corrected chi connectivity index (χ4v) is 5.20. The van der Waals surface area contributed by atoms with Gasteiger partial charge in [-0.1, -0.05) is 55.4 Å². The molecule has 22 heavy (non-hydrogen) atoms. The molecule has 3 saturated carbocycles. The summed E-state index contributed by atoms with van der Waals surface area (Å²) in [5.74, 6) is 3.07. The van der Waals surface area contributed by atoms with E-state index < -0.39 is 0 Å². The first kappa shape index (κ1) is 16.4. The highest BCUT2D eigenvalue weighted by Crippen LogP contribution is 2.65. The van der Waals surface area contributed by atoms with Crippen molar-refractivity contribution < 1.29 is 4.74 Å². The van der Waals surface area contributed by atoms with E-state index in [9.17, 15) is 0 Å². The second kappa shape index (κ2) is 4.54. The molecule has 0 N–H and O–H groups in total. The summed E-state index contributed by atoms with van der Waals surface area (Å²) < 4.78 is 6.89. The fraction of sp³-hybridized carbons (Fsp3) is 0.905. The number of hydrogen-bond acceptors (Lipinski definition) is 1. The third kappa shape index (κ3) is 2.43. The lowest BCUT2D eigenvalue weighted by atomic mass is 9.45. The molecular formula is C21H36O. The Kier molecular flexibility index (Phi) is 3.39. The predicted molar refractivity (Wildman–Crippen MR) is 93.6 cm³/mol. The third-order valence-corrected chi connectivity index (χ3v) is 6.92. The molecule has 0 radical (unpaired) electrons. The van der Waals surface area contributed by atoms with Crippen LogP contribution in [-0.4, -0.2) is 5.60 Å². The Morgan fingerprint density at radius 1 is 0.909 bits per heavy atom. The lowest BCUT2D eigenvalue weighted by Gasteiger charge is -2.63. The molecule has 0 saturated heterocycles. The smallest absolute Gasteiger partial charge is 0.109 e. The molecule has 0 aromatic rings. The average Bonchev–Trinajstić information content (AvgIpc) is 2.36. The number of ether oxygens (including phenoxy) is 1. The summed E-state index contributed by atoms with van der Waals surface area (Å²) in [5.41, 5.74) is 2.61. The molecular weight excluding hydrogens is 268 g/mol. The van der Waals surface area contributed by atoms with Crippen LogP contribution >= 0.6 is 0 Å². The fourth-order valence-electron chi connectivity index (χ4n) is 5.20. The molecule has 1 nitrogen and oxygen atoms in total. The minimum absolute atomic E-state index is 0.118. The van der Waals surface area contributed by atoms with Crippen molar-refractivity contribution in [1.29, 1.82) is 0 Å². The van der Waals surface area contributed by atoms with Crippen LogP contribution in [0.5, 0.6) is 0 Å². The first-order valence-electron chi connectivity index (χ1n) is 9.28. The van der Waals surface area contributed by atoms with Gasteiger partial charge in [0.1, 0.15) is 11.4 Å². The second-order valence-electron chi connectivity index (χ2n) is 11.0. The Morgan fingerprint density at radius 3 is 1.86 bits per heavy atom. The molecule has 4 aliphatic rings. The third-order valence-electron chi connectivity index (χ3n) is 6.92. The normalized spacial score (nSPS) is 37.8. The molecule has 126 valence electrons. The van der Waals surface area contributed by atoms with E-state index in [-0.39, 0.29) is 16.4 Å². The lowest BCUT2D eigenvalue weighted by Crippen LogP contribution is -2.58. The van der Waals surface area contributed by atoms with Crippen molar-refractivity contribution >= 4 is 0 Å². The van der Waals surface area contributed by atoms with Gasteiger partial charge < -0.3 is 4.74 Å². The number of hydrogen-bond donors (Lipinski definition) is 0. The van der Waals surface area contributed by atoms with Gasteiger partial charge in [0, 0.05) is 5.41 Å². The van der Waals surface area contributed by atoms with Crippen LogP contribution < -0.4 is 0 Å². The molecule has 1 aliphatic heterocycles. The zero-order chi connectivity index (χ0) is 16.6. The molecule has 3 fully saturated rings. The minimum Gasteiger partial charge on any atom is -0.491 e. The van der Waals surface area contributed by atoms with Crippen molar-refractivity contribution in [2.75, 3.05) is 0 Å². The van der Waals surface area contributed by atoms with Gasteiger partial charge >= 0.3 is 0 Å². The molecule has 2 unspecified atom stereocenters. The van der Waals surface area contributed by atoms with Crippen molar-refractivity contribution in [3.05, 3.63) is 11.3 Å². The van der Waals surface area contributed by atoms with Gasteiger partial charge in [-0.3, -0.25) is 0 Å². The van der Waals surface area contributed by atoms with Crippen molar-refractivity contribution in [3.63, 3.8) is 0 Å². The van der Waals surface area contributed by atoms with Crippen molar-refractivity contribution in [1.82, 2.24) is 0 Å². The maximum absolute atomic E-state index is 6.89. The molecule has 3 aliphatic carbocycles. The Bertz CT molecular complexity index is 481. The molecule has 0 amide bonds. The number of allylic oxidation sites excluding steroid dienone is 2. The average molecular weight is 305 g/mol. The van der Waals surface area contributed by atoms with Crippen LogP contribution in [0.2, 0.25) is 0 Å². The first-order valence-corrected chi connectivity index (χ1v) is 9.28. The highest BCUT2D eigenvalue weighted by Gasteiger charge is 2.59. The Hall–Kier alpha value is -0.460. The van der Waals surface area contributed by atoms with Crippen molar-refractivity contribution in [2.45, 2.75) is 93.1 Å². The van der Waals surface area contributed by atoms with Crippen LogP contribution in [-0.2, 0) is 4.74 Å².